The molecule has 0 aromatic heterocycles. The molecule has 2 aromatic carbocycles. The van der Waals surface area contributed by atoms with Gasteiger partial charge in [-0.05, 0) is 61.5 Å². The van der Waals surface area contributed by atoms with Crippen LogP contribution in [0.4, 0.5) is 11.4 Å². The van der Waals surface area contributed by atoms with Gasteiger partial charge in [-0.1, -0.05) is 18.2 Å². The lowest BCUT2D eigenvalue weighted by Crippen LogP contribution is -2.51. The predicted molar refractivity (Wildman–Crippen MR) is 122 cm³/mol. The fourth-order valence-electron chi connectivity index (χ4n) is 3.38. The van der Waals surface area contributed by atoms with Gasteiger partial charge in [-0.25, -0.2) is 0 Å². The SMILES string of the molecule is COc1ccc(NC(=S)N2CCN(CC(=O)Nc3c(C)cccc3C)CC2)cc1. The highest BCUT2D eigenvalue weighted by atomic mass is 32.1. The number of methoxy groups -OCH3 is 1. The molecule has 0 atom stereocenters. The number of carbonyl (C=O) groups is 1. The maximum atomic E-state index is 12.5. The average molecular weight is 413 g/mol. The number of carbonyl (C=O) groups excluding carboxylic acids is 1. The molecule has 2 N–H and O–H groups in total. The van der Waals surface area contributed by atoms with Crippen molar-refractivity contribution in [1.29, 1.82) is 0 Å². The second-order valence-electron chi connectivity index (χ2n) is 7.24. The van der Waals surface area contributed by atoms with E-state index < -0.39 is 0 Å². The summed E-state index contributed by atoms with van der Waals surface area (Å²) in [5.74, 6) is 0.837. The molecule has 0 saturated carbocycles. The maximum Gasteiger partial charge on any atom is 0.238 e. The smallest absolute Gasteiger partial charge is 0.238 e. The standard InChI is InChI=1S/C22H28N4O2S/c1-16-5-4-6-17(2)21(16)24-20(27)15-25-11-13-26(14-12-25)22(29)23-18-7-9-19(28-3)10-8-18/h4-10H,11-15H2,1-3H3,(H,23,29)(H,24,27). The summed E-state index contributed by atoms with van der Waals surface area (Å²) in [6.45, 7) is 7.59. The number of para-hydroxylation sites is 1. The number of thiocarbonyl (C=S) groups is 1. The first kappa shape index (κ1) is 21.1. The summed E-state index contributed by atoms with van der Waals surface area (Å²) in [4.78, 5) is 16.8. The fourth-order valence-corrected chi connectivity index (χ4v) is 3.68. The highest BCUT2D eigenvalue weighted by Gasteiger charge is 2.21. The van der Waals surface area contributed by atoms with Crippen molar-refractivity contribution < 1.29 is 9.53 Å². The molecule has 1 saturated heterocycles. The fraction of sp³-hybridized carbons (Fsp3) is 0.364. The molecule has 29 heavy (non-hydrogen) atoms. The lowest BCUT2D eigenvalue weighted by atomic mass is 10.1. The highest BCUT2D eigenvalue weighted by Crippen LogP contribution is 2.19. The van der Waals surface area contributed by atoms with Crippen LogP contribution < -0.4 is 15.4 Å². The third-order valence-corrected chi connectivity index (χ3v) is 5.47. The molecule has 7 heteroatoms. The number of nitrogens with one attached hydrogen (secondary N) is 2. The van der Waals surface area contributed by atoms with E-state index in [1.54, 1.807) is 7.11 Å². The van der Waals surface area contributed by atoms with Crippen molar-refractivity contribution in [3.8, 4) is 5.75 Å². The quantitative estimate of drug-likeness (QED) is 0.736. The van der Waals surface area contributed by atoms with Crippen molar-refractivity contribution >= 4 is 34.6 Å². The summed E-state index contributed by atoms with van der Waals surface area (Å²) in [5, 5.41) is 7.03. The van der Waals surface area contributed by atoms with Gasteiger partial charge in [0.25, 0.3) is 0 Å². The number of rotatable bonds is 5. The second kappa shape index (κ2) is 9.71. The third kappa shape index (κ3) is 5.68. The van der Waals surface area contributed by atoms with Crippen LogP contribution in [0.3, 0.4) is 0 Å². The van der Waals surface area contributed by atoms with Gasteiger partial charge in [-0.3, -0.25) is 9.69 Å². The summed E-state index contributed by atoms with van der Waals surface area (Å²) in [6.07, 6.45) is 0. The van der Waals surface area contributed by atoms with Crippen molar-refractivity contribution in [2.24, 2.45) is 0 Å². The van der Waals surface area contributed by atoms with Crippen molar-refractivity contribution in [2.75, 3.05) is 50.5 Å². The van der Waals surface area contributed by atoms with Gasteiger partial charge in [0.05, 0.1) is 13.7 Å². The monoisotopic (exact) mass is 412 g/mol. The van der Waals surface area contributed by atoms with Gasteiger partial charge in [0.15, 0.2) is 5.11 Å². The number of amides is 1. The Balaban J connectivity index is 1.46. The van der Waals surface area contributed by atoms with E-state index in [0.29, 0.717) is 11.7 Å². The number of nitrogens with zero attached hydrogens (tertiary/aromatic N) is 2. The molecule has 1 fully saturated rings. The van der Waals surface area contributed by atoms with Crippen LogP contribution in [0, 0.1) is 13.8 Å². The molecule has 0 spiro atoms. The van der Waals surface area contributed by atoms with Crippen LogP contribution in [0.2, 0.25) is 0 Å². The molecule has 0 bridgehead atoms. The van der Waals surface area contributed by atoms with E-state index in [4.69, 9.17) is 17.0 Å². The molecule has 1 aliphatic heterocycles. The number of aryl methyl sites for hydroxylation is 2. The molecule has 1 amide bonds. The van der Waals surface area contributed by atoms with E-state index in [1.165, 1.54) is 0 Å². The summed E-state index contributed by atoms with van der Waals surface area (Å²) in [5.41, 5.74) is 4.02. The largest absolute Gasteiger partial charge is 0.497 e. The Bertz CT molecular complexity index is 841. The first-order valence-corrected chi connectivity index (χ1v) is 10.2. The Morgan fingerprint density at radius 2 is 1.62 bits per heavy atom. The molecule has 1 aliphatic rings. The van der Waals surface area contributed by atoms with Crippen LogP contribution in [0.5, 0.6) is 5.75 Å². The van der Waals surface area contributed by atoms with Gasteiger partial charge in [0.2, 0.25) is 5.91 Å². The number of hydrogen-bond acceptors (Lipinski definition) is 4. The Kier molecular flexibility index (Phi) is 7.06. The minimum absolute atomic E-state index is 0.0229. The molecule has 3 rings (SSSR count). The van der Waals surface area contributed by atoms with E-state index in [1.807, 2.05) is 56.3 Å². The Hall–Kier alpha value is -2.64. The van der Waals surface area contributed by atoms with Gasteiger partial charge in [-0.2, -0.15) is 0 Å². The van der Waals surface area contributed by atoms with Crippen LogP contribution in [-0.4, -0.2) is 60.7 Å². The van der Waals surface area contributed by atoms with E-state index in [0.717, 1.165) is 54.4 Å². The van der Waals surface area contributed by atoms with Crippen LogP contribution >= 0.6 is 12.2 Å². The molecule has 2 aromatic rings. The average Bonchev–Trinajstić information content (AvgIpc) is 2.72. The first-order valence-electron chi connectivity index (χ1n) is 9.74. The highest BCUT2D eigenvalue weighted by molar-refractivity contribution is 7.80. The zero-order valence-electron chi connectivity index (χ0n) is 17.2. The van der Waals surface area contributed by atoms with Gasteiger partial charge in [0, 0.05) is 37.6 Å². The number of piperazine rings is 1. The van der Waals surface area contributed by atoms with E-state index in [2.05, 4.69) is 20.4 Å². The first-order chi connectivity index (χ1) is 14.0. The summed E-state index contributed by atoms with van der Waals surface area (Å²) in [6, 6.07) is 13.7. The van der Waals surface area contributed by atoms with Crippen LogP contribution in [0.1, 0.15) is 11.1 Å². The van der Waals surface area contributed by atoms with Crippen LogP contribution in [-0.2, 0) is 4.79 Å². The number of anilines is 2. The van der Waals surface area contributed by atoms with Gasteiger partial charge in [0.1, 0.15) is 5.75 Å². The van der Waals surface area contributed by atoms with Crippen molar-refractivity contribution in [3.63, 3.8) is 0 Å². The summed E-state index contributed by atoms with van der Waals surface area (Å²) < 4.78 is 5.18. The lowest BCUT2D eigenvalue weighted by Gasteiger charge is -2.35. The number of hydrogen-bond donors (Lipinski definition) is 2. The molecule has 0 aliphatic carbocycles. The third-order valence-electron chi connectivity index (χ3n) is 5.11. The normalized spacial score (nSPS) is 14.4. The van der Waals surface area contributed by atoms with E-state index in [9.17, 15) is 4.79 Å². The van der Waals surface area contributed by atoms with Crippen molar-refractivity contribution in [1.82, 2.24) is 9.80 Å². The molecule has 0 unspecified atom stereocenters. The van der Waals surface area contributed by atoms with Crippen LogP contribution in [0.15, 0.2) is 42.5 Å². The van der Waals surface area contributed by atoms with Crippen LogP contribution in [0.25, 0.3) is 0 Å². The Labute approximate surface area is 177 Å². The minimum atomic E-state index is 0.0229. The maximum absolute atomic E-state index is 12.5. The lowest BCUT2D eigenvalue weighted by molar-refractivity contribution is -0.117. The second-order valence-corrected chi connectivity index (χ2v) is 7.62. The van der Waals surface area contributed by atoms with Gasteiger partial charge >= 0.3 is 0 Å². The number of benzene rings is 2. The Morgan fingerprint density at radius 3 is 2.21 bits per heavy atom. The van der Waals surface area contributed by atoms with E-state index >= 15 is 0 Å². The Morgan fingerprint density at radius 1 is 1.00 bits per heavy atom. The topological polar surface area (TPSA) is 56.8 Å². The van der Waals surface area contributed by atoms with Crippen molar-refractivity contribution in [3.05, 3.63) is 53.6 Å². The zero-order chi connectivity index (χ0) is 20.8. The molecular formula is C22H28N4O2S. The van der Waals surface area contributed by atoms with E-state index in [-0.39, 0.29) is 5.91 Å². The zero-order valence-corrected chi connectivity index (χ0v) is 18.0. The molecule has 6 nitrogen and oxygen atoms in total. The van der Waals surface area contributed by atoms with Gasteiger partial charge in [-0.15, -0.1) is 0 Å². The molecule has 0 radical (unpaired) electrons. The van der Waals surface area contributed by atoms with Crippen molar-refractivity contribution in [2.45, 2.75) is 13.8 Å². The number of ether oxygens (including phenoxy) is 1. The molecule has 1 heterocycles. The molecule has 154 valence electrons. The summed E-state index contributed by atoms with van der Waals surface area (Å²) in [7, 11) is 1.65. The molecular weight excluding hydrogens is 384 g/mol. The van der Waals surface area contributed by atoms with Gasteiger partial charge < -0.3 is 20.3 Å². The minimum Gasteiger partial charge on any atom is -0.497 e. The summed E-state index contributed by atoms with van der Waals surface area (Å²) >= 11 is 5.54. The predicted octanol–water partition coefficient (Wildman–Crippen LogP) is 3.27.